The van der Waals surface area contributed by atoms with Crippen LogP contribution in [0.2, 0.25) is 0 Å². The van der Waals surface area contributed by atoms with Gasteiger partial charge in [-0.3, -0.25) is 0 Å². The summed E-state index contributed by atoms with van der Waals surface area (Å²) < 4.78 is 0. The number of allylic oxidation sites excluding steroid dienone is 5. The van der Waals surface area contributed by atoms with Crippen LogP contribution in [0.1, 0.15) is 86.5 Å². The lowest BCUT2D eigenvalue weighted by Crippen LogP contribution is -1.95. The number of aromatic amines is 1. The van der Waals surface area contributed by atoms with Crippen LogP contribution in [0.15, 0.2) is 36.0 Å². The Morgan fingerprint density at radius 2 is 1.50 bits per heavy atom. The van der Waals surface area contributed by atoms with Crippen molar-refractivity contribution in [1.29, 1.82) is 0 Å². The van der Waals surface area contributed by atoms with Gasteiger partial charge in [-0.1, -0.05) is 80.2 Å². The minimum absolute atomic E-state index is 0.927. The van der Waals surface area contributed by atoms with E-state index in [0.29, 0.717) is 0 Å². The first kappa shape index (κ1) is 27.2. The first-order valence-electron chi connectivity index (χ1n) is 9.62. The predicted molar refractivity (Wildman–Crippen MR) is 110 cm³/mol. The summed E-state index contributed by atoms with van der Waals surface area (Å²) in [7, 11) is 0. The van der Waals surface area contributed by atoms with Crippen LogP contribution in [-0.2, 0) is 12.8 Å². The van der Waals surface area contributed by atoms with Gasteiger partial charge in [-0.15, -0.1) is 0 Å². The fourth-order valence-electron chi connectivity index (χ4n) is 2.07. The molecule has 0 aromatic carbocycles. The fourth-order valence-corrected chi connectivity index (χ4v) is 2.07. The molecule has 1 N–H and O–H groups in total. The van der Waals surface area contributed by atoms with E-state index in [9.17, 15) is 0 Å². The minimum Gasteiger partial charge on any atom is -0.197 e. The number of hydrogen-bond donors (Lipinski definition) is 1. The van der Waals surface area contributed by atoms with Crippen LogP contribution in [0.4, 0.5) is 0 Å². The molecule has 0 aliphatic carbocycles. The van der Waals surface area contributed by atoms with Crippen LogP contribution >= 0.6 is 0 Å². The Kier molecular flexibility index (Phi) is 24.2. The maximum Gasteiger partial charge on any atom is 0.0859 e. The van der Waals surface area contributed by atoms with Crippen molar-refractivity contribution in [2.45, 2.75) is 88.0 Å². The zero-order valence-electron chi connectivity index (χ0n) is 17.7. The van der Waals surface area contributed by atoms with Gasteiger partial charge in [-0.2, -0.15) is 15.4 Å². The highest BCUT2D eigenvalue weighted by molar-refractivity contribution is 5.32. The number of nitrogens with one attached hydrogen (secondary N) is 1. The molecule has 0 amide bonds. The predicted octanol–water partition coefficient (Wildman–Crippen LogP) is 6.85. The second-order valence-corrected chi connectivity index (χ2v) is 4.18. The Hall–Kier alpha value is -1.64. The molecule has 0 atom stereocenters. The van der Waals surface area contributed by atoms with Crippen LogP contribution in [0.3, 0.4) is 0 Å². The van der Waals surface area contributed by atoms with E-state index in [2.05, 4.69) is 48.0 Å². The van der Waals surface area contributed by atoms with E-state index < -0.39 is 0 Å². The zero-order valence-corrected chi connectivity index (χ0v) is 17.7. The summed E-state index contributed by atoms with van der Waals surface area (Å²) in [6, 6.07) is 0. The van der Waals surface area contributed by atoms with Crippen molar-refractivity contribution in [3.05, 3.63) is 47.3 Å². The standard InChI is InChI=1S/C15H23N3.3C2H6/c1-5-9-13(12(6-2)7-3)10-11-15-14(8-4)16-18-17-15;3*1-2/h5-6,9H,2,7-8,10-11H2,1,3-4H3,(H,16,17,18);3*1-2H3/b9-5-,13-12-;;;. The van der Waals surface area contributed by atoms with E-state index in [0.717, 1.165) is 37.1 Å². The highest BCUT2D eigenvalue weighted by atomic mass is 15.3. The van der Waals surface area contributed by atoms with Gasteiger partial charge in [-0.05, 0) is 43.8 Å². The molecular weight excluding hydrogens is 294 g/mol. The minimum atomic E-state index is 0.927. The monoisotopic (exact) mass is 335 g/mol. The number of aromatic nitrogens is 3. The number of nitrogens with zero attached hydrogens (tertiary/aromatic N) is 2. The third-order valence-electron chi connectivity index (χ3n) is 3.08. The molecule has 0 radical (unpaired) electrons. The average molecular weight is 336 g/mol. The molecule has 1 rings (SSSR count). The summed E-state index contributed by atoms with van der Waals surface area (Å²) in [4.78, 5) is 0. The SMILES string of the molecule is C=C/C(CC)=C(\C=C/C)CCc1n[nH]nc1CC.CC.CC.CC. The topological polar surface area (TPSA) is 41.6 Å². The Labute approximate surface area is 151 Å². The lowest BCUT2D eigenvalue weighted by Gasteiger charge is -2.07. The van der Waals surface area contributed by atoms with Gasteiger partial charge >= 0.3 is 0 Å². The quantitative estimate of drug-likeness (QED) is 0.554. The number of H-pyrrole nitrogens is 1. The second kappa shape index (κ2) is 21.4. The molecule has 0 spiro atoms. The maximum absolute atomic E-state index is 4.22. The summed E-state index contributed by atoms with van der Waals surface area (Å²) in [6.45, 7) is 22.2. The number of rotatable bonds is 7. The van der Waals surface area contributed by atoms with Crippen molar-refractivity contribution in [1.82, 2.24) is 15.4 Å². The van der Waals surface area contributed by atoms with E-state index in [1.54, 1.807) is 0 Å². The molecule has 3 nitrogen and oxygen atoms in total. The summed E-state index contributed by atoms with van der Waals surface area (Å²) in [5.74, 6) is 0. The normalized spacial score (nSPS) is 10.4. The molecule has 0 bridgehead atoms. The molecule has 0 fully saturated rings. The van der Waals surface area contributed by atoms with Crippen molar-refractivity contribution in [2.75, 3.05) is 0 Å². The van der Waals surface area contributed by atoms with E-state index >= 15 is 0 Å². The van der Waals surface area contributed by atoms with Gasteiger partial charge in [0.1, 0.15) is 0 Å². The van der Waals surface area contributed by atoms with Gasteiger partial charge in [0.25, 0.3) is 0 Å². The third kappa shape index (κ3) is 11.0. The van der Waals surface area contributed by atoms with Crippen LogP contribution in [-0.4, -0.2) is 15.4 Å². The lowest BCUT2D eigenvalue weighted by atomic mass is 9.99. The van der Waals surface area contributed by atoms with Crippen molar-refractivity contribution < 1.29 is 0 Å². The van der Waals surface area contributed by atoms with E-state index in [4.69, 9.17) is 0 Å². The van der Waals surface area contributed by atoms with Crippen molar-refractivity contribution in [2.24, 2.45) is 0 Å². The zero-order chi connectivity index (χ0) is 19.4. The summed E-state index contributed by atoms with van der Waals surface area (Å²) >= 11 is 0. The molecule has 0 saturated heterocycles. The molecule has 3 heteroatoms. The molecule has 0 unspecified atom stereocenters. The first-order valence-corrected chi connectivity index (χ1v) is 9.62. The molecule has 0 aliphatic rings. The number of hydrogen-bond acceptors (Lipinski definition) is 2. The lowest BCUT2D eigenvalue weighted by molar-refractivity contribution is 0.864. The van der Waals surface area contributed by atoms with Crippen LogP contribution in [0, 0.1) is 0 Å². The van der Waals surface area contributed by atoms with Gasteiger partial charge in [-0.25, -0.2) is 0 Å². The largest absolute Gasteiger partial charge is 0.197 e. The fraction of sp³-hybridized carbons (Fsp3) is 0.619. The smallest absolute Gasteiger partial charge is 0.0859 e. The molecule has 1 aromatic rings. The highest BCUT2D eigenvalue weighted by Gasteiger charge is 2.07. The average Bonchev–Trinajstić information content (AvgIpc) is 3.13. The molecule has 0 aliphatic heterocycles. The highest BCUT2D eigenvalue weighted by Crippen LogP contribution is 2.18. The Morgan fingerprint density at radius 3 is 1.92 bits per heavy atom. The van der Waals surface area contributed by atoms with Crippen molar-refractivity contribution in [3.8, 4) is 0 Å². The van der Waals surface area contributed by atoms with E-state index in [1.165, 1.54) is 11.1 Å². The van der Waals surface area contributed by atoms with Crippen LogP contribution in [0.25, 0.3) is 0 Å². The first-order chi connectivity index (χ1) is 11.8. The van der Waals surface area contributed by atoms with Gasteiger partial charge in [0, 0.05) is 0 Å². The number of aryl methyl sites for hydroxylation is 2. The molecular formula is C21H41N3. The molecule has 1 heterocycles. The molecule has 24 heavy (non-hydrogen) atoms. The van der Waals surface area contributed by atoms with Gasteiger partial charge in [0.05, 0.1) is 11.4 Å². The third-order valence-corrected chi connectivity index (χ3v) is 3.08. The van der Waals surface area contributed by atoms with E-state index in [-0.39, 0.29) is 0 Å². The second-order valence-electron chi connectivity index (χ2n) is 4.18. The Balaban J connectivity index is -0.000000659. The summed E-state index contributed by atoms with van der Waals surface area (Å²) in [6.07, 6.45) is 10.1. The Bertz CT molecular complexity index is 440. The molecule has 0 saturated carbocycles. The van der Waals surface area contributed by atoms with E-state index in [1.807, 2.05) is 54.5 Å². The van der Waals surface area contributed by atoms with Gasteiger partial charge < -0.3 is 0 Å². The Morgan fingerprint density at radius 1 is 0.958 bits per heavy atom. The van der Waals surface area contributed by atoms with Crippen molar-refractivity contribution >= 4 is 0 Å². The summed E-state index contributed by atoms with van der Waals surface area (Å²) in [5, 5.41) is 11.1. The molecule has 140 valence electrons. The molecule has 1 aromatic heterocycles. The van der Waals surface area contributed by atoms with Crippen LogP contribution in [0.5, 0.6) is 0 Å². The van der Waals surface area contributed by atoms with Crippen molar-refractivity contribution in [3.63, 3.8) is 0 Å². The maximum atomic E-state index is 4.22. The van der Waals surface area contributed by atoms with Gasteiger partial charge in [0.2, 0.25) is 0 Å². The summed E-state index contributed by atoms with van der Waals surface area (Å²) in [5.41, 5.74) is 4.82. The van der Waals surface area contributed by atoms with Crippen LogP contribution < -0.4 is 0 Å². The van der Waals surface area contributed by atoms with Gasteiger partial charge in [0.15, 0.2) is 0 Å².